The van der Waals surface area contributed by atoms with Crippen LogP contribution in [0.3, 0.4) is 0 Å². The first kappa shape index (κ1) is 15.4. The fraction of sp³-hybridized carbons (Fsp3) is 0.462. The summed E-state index contributed by atoms with van der Waals surface area (Å²) in [4.78, 5) is 10.2. The third-order valence-electron chi connectivity index (χ3n) is 2.72. The summed E-state index contributed by atoms with van der Waals surface area (Å²) in [6, 6.07) is 3.95. The Balaban J connectivity index is 2.37. The Morgan fingerprint density at radius 2 is 2.21 bits per heavy atom. The van der Waals surface area contributed by atoms with Gasteiger partial charge in [-0.1, -0.05) is 6.07 Å². The molecule has 1 rings (SSSR count). The lowest BCUT2D eigenvalue weighted by molar-refractivity contribution is 0.461. The highest BCUT2D eigenvalue weighted by molar-refractivity contribution is 7.80. The first-order chi connectivity index (χ1) is 9.17. The molecule has 0 spiro atoms. The van der Waals surface area contributed by atoms with Crippen LogP contribution in [0, 0.1) is 0 Å². The Hall–Kier alpha value is -1.69. The molecule has 0 aromatic carbocycles. The van der Waals surface area contributed by atoms with Crippen molar-refractivity contribution in [3.8, 4) is 0 Å². The number of nitrogens with two attached hydrogens (primary N) is 1. The zero-order valence-corrected chi connectivity index (χ0v) is 12.3. The van der Waals surface area contributed by atoms with Gasteiger partial charge in [0.2, 0.25) is 0 Å². The zero-order valence-electron chi connectivity index (χ0n) is 11.5. The van der Waals surface area contributed by atoms with Gasteiger partial charge in [0.25, 0.3) is 0 Å². The SMILES string of the molecule is CCN(CC)/C(N)=N/C(=S)NCCc1cccnc1. The molecule has 5 nitrogen and oxygen atoms in total. The first-order valence-electron chi connectivity index (χ1n) is 6.43. The molecule has 0 amide bonds. The molecule has 0 fully saturated rings. The molecule has 3 N–H and O–H groups in total. The van der Waals surface area contributed by atoms with Gasteiger partial charge in [-0.25, -0.2) is 0 Å². The predicted octanol–water partition coefficient (Wildman–Crippen LogP) is 1.16. The average molecular weight is 279 g/mol. The van der Waals surface area contributed by atoms with E-state index in [1.807, 2.05) is 37.1 Å². The van der Waals surface area contributed by atoms with Crippen LogP contribution in [0.1, 0.15) is 19.4 Å². The molecular weight excluding hydrogens is 258 g/mol. The van der Waals surface area contributed by atoms with Crippen molar-refractivity contribution in [2.24, 2.45) is 10.7 Å². The van der Waals surface area contributed by atoms with E-state index in [4.69, 9.17) is 18.0 Å². The molecule has 0 saturated carbocycles. The Bertz CT molecular complexity index is 414. The van der Waals surface area contributed by atoms with Gasteiger partial charge in [-0.15, -0.1) is 0 Å². The second kappa shape index (κ2) is 8.42. The summed E-state index contributed by atoms with van der Waals surface area (Å²) in [5, 5.41) is 3.50. The summed E-state index contributed by atoms with van der Waals surface area (Å²) in [5.74, 6) is 0.462. The zero-order chi connectivity index (χ0) is 14.1. The third-order valence-corrected chi connectivity index (χ3v) is 2.95. The monoisotopic (exact) mass is 279 g/mol. The molecule has 6 heteroatoms. The number of guanidine groups is 1. The second-order valence-corrected chi connectivity index (χ2v) is 4.37. The fourth-order valence-electron chi connectivity index (χ4n) is 1.62. The van der Waals surface area contributed by atoms with E-state index in [0.29, 0.717) is 11.1 Å². The minimum Gasteiger partial charge on any atom is -0.369 e. The van der Waals surface area contributed by atoms with Crippen LogP contribution in [0.2, 0.25) is 0 Å². The molecule has 0 aliphatic carbocycles. The topological polar surface area (TPSA) is 66.5 Å². The summed E-state index contributed by atoms with van der Waals surface area (Å²) in [5.41, 5.74) is 7.03. The summed E-state index contributed by atoms with van der Waals surface area (Å²) < 4.78 is 0. The molecule has 1 heterocycles. The quantitative estimate of drug-likeness (QED) is 0.481. The van der Waals surface area contributed by atoms with Gasteiger partial charge in [-0.05, 0) is 44.1 Å². The molecular formula is C13H21N5S. The van der Waals surface area contributed by atoms with Crippen molar-refractivity contribution in [1.29, 1.82) is 0 Å². The van der Waals surface area contributed by atoms with Gasteiger partial charge in [0.15, 0.2) is 11.1 Å². The van der Waals surface area contributed by atoms with E-state index in [2.05, 4.69) is 15.3 Å². The van der Waals surface area contributed by atoms with Crippen LogP contribution in [-0.2, 0) is 6.42 Å². The van der Waals surface area contributed by atoms with Crippen molar-refractivity contribution >= 4 is 23.3 Å². The maximum Gasteiger partial charge on any atom is 0.198 e. The van der Waals surface area contributed by atoms with Crippen LogP contribution in [-0.4, -0.2) is 40.6 Å². The number of nitrogens with zero attached hydrogens (tertiary/aromatic N) is 3. The van der Waals surface area contributed by atoms with E-state index in [0.717, 1.165) is 26.1 Å². The molecule has 1 aromatic heterocycles. The summed E-state index contributed by atoms with van der Waals surface area (Å²) in [7, 11) is 0. The van der Waals surface area contributed by atoms with Crippen LogP contribution in [0.25, 0.3) is 0 Å². The molecule has 0 atom stereocenters. The Labute approximate surface area is 119 Å². The highest BCUT2D eigenvalue weighted by atomic mass is 32.1. The number of pyridine rings is 1. The number of rotatable bonds is 5. The Morgan fingerprint density at radius 1 is 1.47 bits per heavy atom. The number of hydrogen-bond acceptors (Lipinski definition) is 2. The van der Waals surface area contributed by atoms with Crippen molar-refractivity contribution in [3.63, 3.8) is 0 Å². The van der Waals surface area contributed by atoms with Crippen LogP contribution < -0.4 is 11.1 Å². The first-order valence-corrected chi connectivity index (χ1v) is 6.84. The van der Waals surface area contributed by atoms with Gasteiger partial charge in [0.1, 0.15) is 0 Å². The molecule has 0 bridgehead atoms. The van der Waals surface area contributed by atoms with Crippen molar-refractivity contribution in [1.82, 2.24) is 15.2 Å². The average Bonchev–Trinajstić information content (AvgIpc) is 2.41. The largest absolute Gasteiger partial charge is 0.369 e. The molecule has 0 saturated heterocycles. The molecule has 0 aliphatic heterocycles. The second-order valence-electron chi connectivity index (χ2n) is 3.99. The summed E-state index contributed by atoms with van der Waals surface area (Å²) in [6.07, 6.45) is 4.46. The normalized spacial score (nSPS) is 11.2. The van der Waals surface area contributed by atoms with Gasteiger partial charge in [0, 0.05) is 32.0 Å². The molecule has 104 valence electrons. The van der Waals surface area contributed by atoms with Crippen molar-refractivity contribution in [2.45, 2.75) is 20.3 Å². The summed E-state index contributed by atoms with van der Waals surface area (Å²) in [6.45, 7) is 6.43. The maximum atomic E-state index is 5.86. The molecule has 0 aliphatic rings. The minimum absolute atomic E-state index is 0.424. The predicted molar refractivity (Wildman–Crippen MR) is 83.1 cm³/mol. The van der Waals surface area contributed by atoms with Gasteiger partial charge >= 0.3 is 0 Å². The van der Waals surface area contributed by atoms with Crippen LogP contribution in [0.4, 0.5) is 0 Å². The van der Waals surface area contributed by atoms with Gasteiger partial charge < -0.3 is 16.0 Å². The lowest BCUT2D eigenvalue weighted by Gasteiger charge is -2.19. The molecule has 0 unspecified atom stereocenters. The van der Waals surface area contributed by atoms with Crippen molar-refractivity contribution < 1.29 is 0 Å². The van der Waals surface area contributed by atoms with E-state index in [9.17, 15) is 0 Å². The number of nitrogens with one attached hydrogen (secondary N) is 1. The van der Waals surface area contributed by atoms with Crippen molar-refractivity contribution in [2.75, 3.05) is 19.6 Å². The number of hydrogen-bond donors (Lipinski definition) is 2. The van der Waals surface area contributed by atoms with E-state index < -0.39 is 0 Å². The Kier molecular flexibility index (Phi) is 6.81. The highest BCUT2D eigenvalue weighted by Crippen LogP contribution is 1.95. The number of thiocarbonyl (C=S) groups is 1. The van der Waals surface area contributed by atoms with Crippen LogP contribution in [0.5, 0.6) is 0 Å². The van der Waals surface area contributed by atoms with E-state index in [1.165, 1.54) is 5.56 Å². The van der Waals surface area contributed by atoms with Crippen LogP contribution >= 0.6 is 12.2 Å². The standard InChI is InChI=1S/C13H21N5S/c1-3-18(4-2)12(14)17-13(19)16-9-7-11-6-5-8-15-10-11/h5-6,8,10H,3-4,7,9H2,1-2H3,(H3,14,16,17,19). The fourth-order valence-corrected chi connectivity index (χ4v) is 1.82. The lowest BCUT2D eigenvalue weighted by Crippen LogP contribution is -2.38. The van der Waals surface area contributed by atoms with E-state index in [1.54, 1.807) is 6.20 Å². The van der Waals surface area contributed by atoms with Gasteiger partial charge in [-0.2, -0.15) is 4.99 Å². The van der Waals surface area contributed by atoms with E-state index in [-0.39, 0.29) is 0 Å². The molecule has 1 aromatic rings. The summed E-state index contributed by atoms with van der Waals surface area (Å²) >= 11 is 5.14. The Morgan fingerprint density at radius 3 is 2.79 bits per heavy atom. The van der Waals surface area contributed by atoms with Gasteiger partial charge in [-0.3, -0.25) is 4.98 Å². The van der Waals surface area contributed by atoms with Gasteiger partial charge in [0.05, 0.1) is 0 Å². The highest BCUT2D eigenvalue weighted by Gasteiger charge is 2.03. The lowest BCUT2D eigenvalue weighted by atomic mass is 10.2. The number of aliphatic imine (C=N–C) groups is 1. The smallest absolute Gasteiger partial charge is 0.198 e. The third kappa shape index (κ3) is 5.65. The maximum absolute atomic E-state index is 5.86. The van der Waals surface area contributed by atoms with E-state index >= 15 is 0 Å². The minimum atomic E-state index is 0.424. The molecule has 0 radical (unpaired) electrons. The van der Waals surface area contributed by atoms with Crippen LogP contribution in [0.15, 0.2) is 29.5 Å². The van der Waals surface area contributed by atoms with Crippen molar-refractivity contribution in [3.05, 3.63) is 30.1 Å². The number of aromatic nitrogens is 1. The molecule has 19 heavy (non-hydrogen) atoms.